The van der Waals surface area contributed by atoms with Crippen LogP contribution in [0.3, 0.4) is 0 Å². The van der Waals surface area contributed by atoms with Crippen LogP contribution in [0.5, 0.6) is 0 Å². The van der Waals surface area contributed by atoms with Gasteiger partial charge in [-0.25, -0.2) is 0 Å². The zero-order valence-corrected chi connectivity index (χ0v) is 12.1. The van der Waals surface area contributed by atoms with Crippen LogP contribution in [0.25, 0.3) is 0 Å². The van der Waals surface area contributed by atoms with Crippen LogP contribution < -0.4 is 0 Å². The zero-order valence-electron chi connectivity index (χ0n) is 6.62. The van der Waals surface area contributed by atoms with Crippen LogP contribution in [0.2, 0.25) is 0 Å². The van der Waals surface area contributed by atoms with Gasteiger partial charge in [-0.1, -0.05) is 19.8 Å². The van der Waals surface area contributed by atoms with Gasteiger partial charge in [0.05, 0.1) is 0 Å². The van der Waals surface area contributed by atoms with Crippen molar-refractivity contribution in [3.05, 3.63) is 0 Å². The monoisotopic (exact) mass is 262 g/mol. The van der Waals surface area contributed by atoms with Crippen molar-refractivity contribution in [2.45, 2.75) is 26.2 Å². The number of hydrogen-bond donors (Lipinski definition) is 0. The number of hydrogen-bond acceptors (Lipinski definition) is 4. The maximum Gasteiger partial charge on any atom is 2.00 e. The van der Waals surface area contributed by atoms with Crippen molar-refractivity contribution in [1.82, 2.24) is 0 Å². The third-order valence-electron chi connectivity index (χ3n) is 0.997. The fourth-order valence-corrected chi connectivity index (χ4v) is 1.33. The van der Waals surface area contributed by atoms with Crippen molar-refractivity contribution in [2.24, 2.45) is 0 Å². The van der Waals surface area contributed by atoms with E-state index in [0.717, 1.165) is 19.3 Å². The van der Waals surface area contributed by atoms with Gasteiger partial charge in [0, 0.05) is 6.61 Å². The summed E-state index contributed by atoms with van der Waals surface area (Å²) >= 11 is 8.77. The first-order valence-corrected chi connectivity index (χ1v) is 6.88. The molecule has 0 saturated heterocycles. The molecule has 62 valence electrons. The Bertz CT molecular complexity index is 128. The smallest absolute Gasteiger partial charge is 0.714 e. The van der Waals surface area contributed by atoms with Gasteiger partial charge in [-0.2, -0.15) is 0 Å². The first-order chi connectivity index (χ1) is 4.56. The molecule has 0 aliphatic heterocycles. The van der Waals surface area contributed by atoms with E-state index in [1.54, 1.807) is 0 Å². The summed E-state index contributed by atoms with van der Waals surface area (Å²) in [6.45, 7) is 2.53. The van der Waals surface area contributed by atoms with Crippen molar-refractivity contribution in [3.8, 4) is 0 Å². The summed E-state index contributed by atoms with van der Waals surface area (Å²) in [5, 5.41) is 0. The van der Waals surface area contributed by atoms with Crippen LogP contribution in [0.4, 0.5) is 0 Å². The SMILES string of the molecule is CCCCCOP(=O)([S-])[S-].[Zn+2]. The van der Waals surface area contributed by atoms with Crippen molar-refractivity contribution in [2.75, 3.05) is 6.61 Å². The maximum absolute atomic E-state index is 10.6. The number of unbranched alkanes of at least 4 members (excludes halogenated alkanes) is 2. The second-order valence-electron chi connectivity index (χ2n) is 1.99. The molecule has 0 amide bonds. The Kier molecular flexibility index (Phi) is 11.1. The van der Waals surface area contributed by atoms with E-state index in [4.69, 9.17) is 4.52 Å². The van der Waals surface area contributed by atoms with E-state index in [9.17, 15) is 4.57 Å². The van der Waals surface area contributed by atoms with E-state index in [0.29, 0.717) is 6.61 Å². The third kappa shape index (κ3) is 14.4. The average molecular weight is 264 g/mol. The van der Waals surface area contributed by atoms with Gasteiger partial charge in [-0.15, -0.1) is 0 Å². The van der Waals surface area contributed by atoms with Crippen molar-refractivity contribution in [1.29, 1.82) is 0 Å². The van der Waals surface area contributed by atoms with Crippen LogP contribution >= 0.6 is 5.77 Å². The Morgan fingerprint density at radius 1 is 1.36 bits per heavy atom. The molecular formula is C5H11O2PS2Zn. The summed E-state index contributed by atoms with van der Waals surface area (Å²) in [5.74, 6) is -3.04. The van der Waals surface area contributed by atoms with Crippen LogP contribution in [-0.4, -0.2) is 6.61 Å². The van der Waals surface area contributed by atoms with E-state index in [1.165, 1.54) is 0 Å². The fraction of sp³-hybridized carbons (Fsp3) is 1.00. The van der Waals surface area contributed by atoms with E-state index >= 15 is 0 Å². The minimum atomic E-state index is -3.04. The summed E-state index contributed by atoms with van der Waals surface area (Å²) < 4.78 is 15.3. The normalized spacial score (nSPS) is 10.8. The van der Waals surface area contributed by atoms with E-state index in [-0.39, 0.29) is 19.5 Å². The summed E-state index contributed by atoms with van der Waals surface area (Å²) in [6, 6.07) is 0. The van der Waals surface area contributed by atoms with Gasteiger partial charge in [0.25, 0.3) is 0 Å². The molecule has 0 radical (unpaired) electrons. The minimum absolute atomic E-state index is 0. The predicted molar refractivity (Wildman–Crippen MR) is 47.8 cm³/mol. The standard InChI is InChI=1S/C5H13O2PS2.Zn/c1-2-3-4-5-7-8(6,9)10;/h2-5H2,1H3,(H2,6,9,10);/q;+2/p-2. The first kappa shape index (κ1) is 15.0. The molecule has 0 aromatic heterocycles. The van der Waals surface area contributed by atoms with Gasteiger partial charge in [-0.3, -0.25) is 0 Å². The van der Waals surface area contributed by atoms with Gasteiger partial charge >= 0.3 is 19.5 Å². The molecule has 0 aliphatic carbocycles. The van der Waals surface area contributed by atoms with Crippen LogP contribution in [0.15, 0.2) is 0 Å². The second kappa shape index (κ2) is 8.13. The van der Waals surface area contributed by atoms with Crippen LogP contribution in [0, 0.1) is 0 Å². The Morgan fingerprint density at radius 2 is 1.91 bits per heavy atom. The van der Waals surface area contributed by atoms with Crippen molar-refractivity contribution in [3.63, 3.8) is 0 Å². The Labute approximate surface area is 91.4 Å². The van der Waals surface area contributed by atoms with Gasteiger partial charge in [0.2, 0.25) is 0 Å². The summed E-state index contributed by atoms with van der Waals surface area (Å²) in [5.41, 5.74) is 0. The Balaban J connectivity index is 0. The fourth-order valence-electron chi connectivity index (χ4n) is 0.528. The average Bonchev–Trinajstić information content (AvgIpc) is 1.78. The zero-order chi connectivity index (χ0) is 8.04. The molecule has 0 heterocycles. The van der Waals surface area contributed by atoms with Gasteiger partial charge in [0.1, 0.15) is 0 Å². The summed E-state index contributed by atoms with van der Waals surface area (Å²) in [6.07, 6.45) is 3.08. The molecule has 0 aromatic rings. The molecular weight excluding hydrogens is 253 g/mol. The molecule has 2 nitrogen and oxygen atoms in total. The Morgan fingerprint density at radius 3 is 2.27 bits per heavy atom. The Hall–Kier alpha value is 1.51. The molecule has 6 heteroatoms. The van der Waals surface area contributed by atoms with E-state index < -0.39 is 5.77 Å². The topological polar surface area (TPSA) is 26.3 Å². The molecule has 0 fully saturated rings. The van der Waals surface area contributed by atoms with Gasteiger partial charge in [0.15, 0.2) is 0 Å². The predicted octanol–water partition coefficient (Wildman–Crippen LogP) is 2.39. The maximum atomic E-state index is 10.6. The van der Waals surface area contributed by atoms with Gasteiger partial charge < -0.3 is 33.6 Å². The molecule has 0 bridgehead atoms. The molecule has 11 heavy (non-hydrogen) atoms. The molecule has 0 unspecified atom stereocenters. The number of rotatable bonds is 5. The summed E-state index contributed by atoms with van der Waals surface area (Å²) in [7, 11) is 0. The summed E-state index contributed by atoms with van der Waals surface area (Å²) in [4.78, 5) is 0. The molecule has 0 rings (SSSR count). The quantitative estimate of drug-likeness (QED) is 0.329. The van der Waals surface area contributed by atoms with E-state index in [1.807, 2.05) is 0 Å². The molecule has 0 aliphatic rings. The largest absolute Gasteiger partial charge is 2.00 e. The molecule has 0 N–H and O–H groups in total. The van der Waals surface area contributed by atoms with Crippen LogP contribution in [-0.2, 0) is 53.1 Å². The molecule has 0 atom stereocenters. The van der Waals surface area contributed by atoms with Gasteiger partial charge in [-0.05, 0) is 12.2 Å². The second-order valence-corrected chi connectivity index (χ2v) is 6.72. The van der Waals surface area contributed by atoms with Crippen LogP contribution in [0.1, 0.15) is 26.2 Å². The van der Waals surface area contributed by atoms with Crippen molar-refractivity contribution < 1.29 is 28.6 Å². The van der Waals surface area contributed by atoms with Crippen molar-refractivity contribution >= 4 is 30.3 Å². The molecule has 0 aromatic carbocycles. The van der Waals surface area contributed by atoms with E-state index in [2.05, 4.69) is 31.4 Å². The minimum Gasteiger partial charge on any atom is -0.714 e. The molecule has 0 spiro atoms. The third-order valence-corrected chi connectivity index (χ3v) is 2.13. The molecule has 0 saturated carbocycles. The first-order valence-electron chi connectivity index (χ1n) is 3.23.